The molecule has 0 aromatic carbocycles. The Morgan fingerprint density at radius 2 is 2.00 bits per heavy atom. The lowest BCUT2D eigenvalue weighted by Crippen LogP contribution is -2.57. The Hall–Kier alpha value is -1.72. The molecule has 0 aromatic heterocycles. The largest absolute Gasteiger partial charge is 0.467 e. The number of hydrogen-bond acceptors (Lipinski definition) is 5. The van der Waals surface area contributed by atoms with Crippen LogP contribution < -0.4 is 5.32 Å². The van der Waals surface area contributed by atoms with E-state index >= 15 is 0 Å². The lowest BCUT2D eigenvalue weighted by atomic mass is 9.87. The first-order valence-corrected chi connectivity index (χ1v) is 5.28. The van der Waals surface area contributed by atoms with Gasteiger partial charge in [0.25, 0.3) is 0 Å². The highest BCUT2D eigenvalue weighted by Gasteiger charge is 2.54. The summed E-state index contributed by atoms with van der Waals surface area (Å²) in [6.45, 7) is 1.25. The highest BCUT2D eigenvalue weighted by atomic mass is 16.5. The number of ether oxygens (including phenoxy) is 1. The highest BCUT2D eigenvalue weighted by Crippen LogP contribution is 2.38. The third kappa shape index (κ3) is 2.35. The average molecular weight is 241 g/mol. The van der Waals surface area contributed by atoms with Crippen molar-refractivity contribution in [1.29, 1.82) is 0 Å². The van der Waals surface area contributed by atoms with Crippen LogP contribution in [-0.2, 0) is 23.9 Å². The van der Waals surface area contributed by atoms with E-state index in [4.69, 9.17) is 0 Å². The number of hydrogen-bond donors (Lipinski definition) is 1. The van der Waals surface area contributed by atoms with Crippen molar-refractivity contribution in [2.24, 2.45) is 11.8 Å². The van der Waals surface area contributed by atoms with Crippen molar-refractivity contribution in [3.05, 3.63) is 0 Å². The summed E-state index contributed by atoms with van der Waals surface area (Å²) in [6, 6.07) is 0. The Bertz CT molecular complexity index is 354. The van der Waals surface area contributed by atoms with E-state index in [2.05, 4.69) is 10.1 Å². The van der Waals surface area contributed by atoms with Crippen molar-refractivity contribution < 1.29 is 23.9 Å². The molecule has 1 aliphatic rings. The molecule has 1 rings (SSSR count). The first-order chi connectivity index (χ1) is 8.00. The maximum atomic E-state index is 11.8. The number of methoxy groups -OCH3 is 1. The lowest BCUT2D eigenvalue weighted by molar-refractivity contribution is -0.153. The van der Waals surface area contributed by atoms with Gasteiger partial charge in [-0.15, -0.1) is 0 Å². The van der Waals surface area contributed by atoms with Crippen LogP contribution in [0.15, 0.2) is 0 Å². The average Bonchev–Trinajstić information content (AvgIpc) is 2.66. The second kappa shape index (κ2) is 5.07. The Balaban J connectivity index is 3.10. The van der Waals surface area contributed by atoms with Crippen molar-refractivity contribution in [3.8, 4) is 0 Å². The van der Waals surface area contributed by atoms with E-state index in [-0.39, 0.29) is 12.8 Å². The topological polar surface area (TPSA) is 89.5 Å². The molecule has 0 aromatic rings. The Morgan fingerprint density at radius 3 is 2.41 bits per heavy atom. The molecule has 17 heavy (non-hydrogen) atoms. The van der Waals surface area contributed by atoms with Gasteiger partial charge in [-0.1, -0.05) is 0 Å². The zero-order valence-corrected chi connectivity index (χ0v) is 9.76. The molecule has 0 spiro atoms. The summed E-state index contributed by atoms with van der Waals surface area (Å²) in [5, 5.41) is 2.47. The summed E-state index contributed by atoms with van der Waals surface area (Å²) in [7, 11) is 1.18. The maximum absolute atomic E-state index is 11.8. The van der Waals surface area contributed by atoms with Crippen LogP contribution in [0.2, 0.25) is 0 Å². The van der Waals surface area contributed by atoms with Crippen molar-refractivity contribution in [2.45, 2.75) is 25.3 Å². The highest BCUT2D eigenvalue weighted by molar-refractivity contribution is 5.91. The molecule has 1 aliphatic carbocycles. The quantitative estimate of drug-likeness (QED) is 0.527. The molecule has 1 saturated carbocycles. The zero-order chi connectivity index (χ0) is 13.1. The Kier molecular flexibility index (Phi) is 3.98. The summed E-state index contributed by atoms with van der Waals surface area (Å²) >= 11 is 0. The van der Waals surface area contributed by atoms with E-state index in [1.807, 2.05) is 0 Å². The number of esters is 1. The van der Waals surface area contributed by atoms with Crippen LogP contribution in [0.4, 0.5) is 0 Å². The van der Waals surface area contributed by atoms with E-state index < -0.39 is 29.3 Å². The smallest absolute Gasteiger partial charge is 0.332 e. The number of carbonyl (C=O) groups excluding carboxylic acids is 4. The third-order valence-electron chi connectivity index (χ3n) is 3.08. The number of aldehydes is 2. The van der Waals surface area contributed by atoms with Crippen LogP contribution in [0, 0.1) is 11.8 Å². The van der Waals surface area contributed by atoms with Gasteiger partial charge in [-0.25, -0.2) is 4.79 Å². The van der Waals surface area contributed by atoms with E-state index in [1.54, 1.807) is 0 Å². The minimum atomic E-state index is -1.39. The molecule has 6 heteroatoms. The van der Waals surface area contributed by atoms with E-state index in [1.165, 1.54) is 14.0 Å². The van der Waals surface area contributed by atoms with Crippen LogP contribution in [0.5, 0.6) is 0 Å². The molecule has 1 amide bonds. The van der Waals surface area contributed by atoms with Gasteiger partial charge in [0.05, 0.1) is 7.11 Å². The molecule has 0 saturated heterocycles. The predicted molar refractivity (Wildman–Crippen MR) is 56.9 cm³/mol. The number of amides is 1. The van der Waals surface area contributed by atoms with E-state index in [9.17, 15) is 19.2 Å². The van der Waals surface area contributed by atoms with E-state index in [0.29, 0.717) is 12.6 Å². The molecule has 0 radical (unpaired) electrons. The first-order valence-electron chi connectivity index (χ1n) is 5.28. The molecular weight excluding hydrogens is 226 g/mol. The second-order valence-corrected chi connectivity index (χ2v) is 4.22. The lowest BCUT2D eigenvalue weighted by Gasteiger charge is -2.30. The molecule has 0 bridgehead atoms. The molecule has 0 heterocycles. The van der Waals surface area contributed by atoms with Crippen molar-refractivity contribution in [3.63, 3.8) is 0 Å². The fraction of sp³-hybridized carbons (Fsp3) is 0.636. The fourth-order valence-corrected chi connectivity index (χ4v) is 2.38. The molecule has 6 nitrogen and oxygen atoms in total. The van der Waals surface area contributed by atoms with Gasteiger partial charge in [0.2, 0.25) is 5.91 Å². The molecule has 3 atom stereocenters. The number of nitrogens with one attached hydrogen (secondary N) is 1. The summed E-state index contributed by atoms with van der Waals surface area (Å²) in [5.74, 6) is -2.27. The molecule has 0 aliphatic heterocycles. The van der Waals surface area contributed by atoms with Gasteiger partial charge in [0.15, 0.2) is 0 Å². The van der Waals surface area contributed by atoms with Crippen LogP contribution in [0.1, 0.15) is 19.8 Å². The predicted octanol–water partition coefficient (Wildman–Crippen LogP) is -0.542. The van der Waals surface area contributed by atoms with Gasteiger partial charge < -0.3 is 19.6 Å². The summed E-state index contributed by atoms with van der Waals surface area (Å²) in [5.41, 5.74) is -1.39. The molecule has 1 N–H and O–H groups in total. The number of carbonyl (C=O) groups is 4. The van der Waals surface area contributed by atoms with Crippen LogP contribution in [0.3, 0.4) is 0 Å². The van der Waals surface area contributed by atoms with Gasteiger partial charge in [-0.3, -0.25) is 4.79 Å². The fourth-order valence-electron chi connectivity index (χ4n) is 2.38. The van der Waals surface area contributed by atoms with Gasteiger partial charge in [-0.05, 0) is 12.8 Å². The minimum Gasteiger partial charge on any atom is -0.467 e. The SMILES string of the molecule is COC(=O)[C@@]1(NC(C)=O)C[C@@H](C=O)C[C@H]1C=O. The Morgan fingerprint density at radius 1 is 1.35 bits per heavy atom. The van der Waals surface area contributed by atoms with Crippen molar-refractivity contribution in [1.82, 2.24) is 5.32 Å². The van der Waals surface area contributed by atoms with E-state index in [0.717, 1.165) is 0 Å². The normalized spacial score (nSPS) is 31.6. The van der Waals surface area contributed by atoms with Gasteiger partial charge >= 0.3 is 5.97 Å². The number of rotatable bonds is 4. The van der Waals surface area contributed by atoms with Gasteiger partial charge in [0.1, 0.15) is 18.1 Å². The third-order valence-corrected chi connectivity index (χ3v) is 3.08. The zero-order valence-electron chi connectivity index (χ0n) is 9.76. The minimum absolute atomic E-state index is 0.103. The van der Waals surface area contributed by atoms with Crippen LogP contribution in [-0.4, -0.2) is 37.1 Å². The second-order valence-electron chi connectivity index (χ2n) is 4.22. The van der Waals surface area contributed by atoms with Gasteiger partial charge in [0, 0.05) is 18.8 Å². The van der Waals surface area contributed by atoms with Gasteiger partial charge in [-0.2, -0.15) is 0 Å². The van der Waals surface area contributed by atoms with Crippen LogP contribution in [0.25, 0.3) is 0 Å². The molecular formula is C11H15NO5. The summed E-state index contributed by atoms with van der Waals surface area (Å²) < 4.78 is 4.63. The Labute approximate surface area is 98.7 Å². The molecule has 94 valence electrons. The maximum Gasteiger partial charge on any atom is 0.332 e. The monoisotopic (exact) mass is 241 g/mol. The summed E-state index contributed by atoms with van der Waals surface area (Å²) in [6.07, 6.45) is 1.65. The van der Waals surface area contributed by atoms with Crippen LogP contribution >= 0.6 is 0 Å². The first kappa shape index (κ1) is 13.3. The molecule has 0 unspecified atom stereocenters. The molecule has 1 fully saturated rings. The van der Waals surface area contributed by atoms with Crippen molar-refractivity contribution in [2.75, 3.05) is 7.11 Å². The standard InChI is InChI=1S/C11H15NO5/c1-7(15)12-11(10(16)17-2)4-8(5-13)3-9(11)6-14/h5-6,8-9H,3-4H2,1-2H3,(H,12,15)/t8-,9-,11+/m0/s1. The van der Waals surface area contributed by atoms with Crippen molar-refractivity contribution >= 4 is 24.4 Å². The summed E-state index contributed by atoms with van der Waals surface area (Å²) in [4.78, 5) is 44.7.